The molecule has 2 saturated heterocycles. The second-order valence-electron chi connectivity index (χ2n) is 6.54. The van der Waals surface area contributed by atoms with Gasteiger partial charge in [-0.25, -0.2) is 0 Å². The molecule has 3 fully saturated rings. The normalized spacial score (nSPS) is 29.4. The maximum absolute atomic E-state index is 12.5. The molecule has 0 aromatic rings. The van der Waals surface area contributed by atoms with Gasteiger partial charge >= 0.3 is 0 Å². The summed E-state index contributed by atoms with van der Waals surface area (Å²) in [7, 11) is 0. The molecule has 1 atom stereocenters. The number of piperazine rings is 1. The number of amides is 2. The van der Waals surface area contributed by atoms with Crippen LogP contribution in [0.5, 0.6) is 0 Å². The van der Waals surface area contributed by atoms with Gasteiger partial charge in [-0.1, -0.05) is 13.3 Å². The molecule has 0 aromatic heterocycles. The maximum Gasteiger partial charge on any atom is 0.245 e. The van der Waals surface area contributed by atoms with E-state index in [1.165, 1.54) is 25.7 Å². The molecule has 0 bridgehead atoms. The van der Waals surface area contributed by atoms with Crippen LogP contribution in [-0.4, -0.2) is 47.3 Å². The van der Waals surface area contributed by atoms with E-state index in [2.05, 4.69) is 6.92 Å². The fourth-order valence-corrected chi connectivity index (χ4v) is 3.76. The van der Waals surface area contributed by atoms with Gasteiger partial charge in [0.05, 0.1) is 6.54 Å². The van der Waals surface area contributed by atoms with Crippen LogP contribution in [-0.2, 0) is 9.59 Å². The highest BCUT2D eigenvalue weighted by molar-refractivity contribution is 5.95. The summed E-state index contributed by atoms with van der Waals surface area (Å²) in [4.78, 5) is 28.4. The van der Waals surface area contributed by atoms with E-state index in [1.54, 1.807) is 0 Å². The molecule has 0 radical (unpaired) electrons. The second kappa shape index (κ2) is 4.80. The van der Waals surface area contributed by atoms with Gasteiger partial charge in [-0.2, -0.15) is 0 Å². The van der Waals surface area contributed by atoms with Gasteiger partial charge in [-0.3, -0.25) is 9.59 Å². The quantitative estimate of drug-likeness (QED) is 0.776. The number of hydrogen-bond donors (Lipinski definition) is 0. The van der Waals surface area contributed by atoms with Gasteiger partial charge in [0.15, 0.2) is 0 Å². The fourth-order valence-electron chi connectivity index (χ4n) is 3.76. The lowest BCUT2D eigenvalue weighted by atomic mass is 9.95. The molecule has 3 rings (SSSR count). The Morgan fingerprint density at radius 2 is 2.05 bits per heavy atom. The van der Waals surface area contributed by atoms with Gasteiger partial charge < -0.3 is 9.80 Å². The standard InChI is InChI=1S/C15H24N2O2/c1-2-6-15(7-8-15)11-16-10-13(18)17-9-4-3-5-12(17)14(16)19/h12H,2-11H2,1H3. The smallest absolute Gasteiger partial charge is 0.245 e. The van der Waals surface area contributed by atoms with Gasteiger partial charge in [-0.15, -0.1) is 0 Å². The average Bonchev–Trinajstić information content (AvgIpc) is 3.16. The summed E-state index contributed by atoms with van der Waals surface area (Å²) in [5.74, 6) is 0.373. The molecule has 1 saturated carbocycles. The van der Waals surface area contributed by atoms with Crippen molar-refractivity contribution in [1.82, 2.24) is 9.80 Å². The zero-order chi connectivity index (χ0) is 13.5. The summed E-state index contributed by atoms with van der Waals surface area (Å²) in [6, 6.07) is -0.146. The van der Waals surface area contributed by atoms with E-state index >= 15 is 0 Å². The zero-order valence-electron chi connectivity index (χ0n) is 11.9. The van der Waals surface area contributed by atoms with Gasteiger partial charge in [0.25, 0.3) is 0 Å². The number of carbonyl (C=O) groups excluding carboxylic acids is 2. The van der Waals surface area contributed by atoms with Crippen LogP contribution >= 0.6 is 0 Å². The summed E-state index contributed by atoms with van der Waals surface area (Å²) in [5, 5.41) is 0. The molecule has 0 aromatic carbocycles. The molecule has 106 valence electrons. The molecule has 2 heterocycles. The Morgan fingerprint density at radius 1 is 1.26 bits per heavy atom. The SMILES string of the molecule is CCCC1(CN2CC(=O)N3CCCCC3C2=O)CC1. The van der Waals surface area contributed by atoms with E-state index in [-0.39, 0.29) is 17.9 Å². The minimum atomic E-state index is -0.146. The van der Waals surface area contributed by atoms with Gasteiger partial charge in [0, 0.05) is 13.1 Å². The van der Waals surface area contributed by atoms with E-state index in [4.69, 9.17) is 0 Å². The third-order valence-electron chi connectivity index (χ3n) is 5.01. The van der Waals surface area contributed by atoms with Crippen molar-refractivity contribution in [3.05, 3.63) is 0 Å². The number of piperidine rings is 1. The molecule has 4 heteroatoms. The van der Waals surface area contributed by atoms with Crippen LogP contribution in [0.25, 0.3) is 0 Å². The lowest BCUT2D eigenvalue weighted by Gasteiger charge is -2.43. The highest BCUT2D eigenvalue weighted by Crippen LogP contribution is 2.50. The van der Waals surface area contributed by atoms with Crippen LogP contribution in [0.3, 0.4) is 0 Å². The molecule has 3 aliphatic rings. The Morgan fingerprint density at radius 3 is 2.74 bits per heavy atom. The van der Waals surface area contributed by atoms with Gasteiger partial charge in [-0.05, 0) is 43.9 Å². The Kier molecular flexibility index (Phi) is 3.27. The highest BCUT2D eigenvalue weighted by atomic mass is 16.2. The largest absolute Gasteiger partial charge is 0.331 e. The zero-order valence-corrected chi connectivity index (χ0v) is 11.9. The Labute approximate surface area is 115 Å². The van der Waals surface area contributed by atoms with Crippen LogP contribution < -0.4 is 0 Å². The van der Waals surface area contributed by atoms with Crippen LogP contribution in [0.15, 0.2) is 0 Å². The van der Waals surface area contributed by atoms with Crippen molar-refractivity contribution >= 4 is 11.8 Å². The summed E-state index contributed by atoms with van der Waals surface area (Å²) in [6.07, 6.45) is 7.82. The predicted molar refractivity (Wildman–Crippen MR) is 72.5 cm³/mol. The van der Waals surface area contributed by atoms with E-state index in [0.717, 1.165) is 32.4 Å². The first kappa shape index (κ1) is 12.9. The van der Waals surface area contributed by atoms with Crippen molar-refractivity contribution in [1.29, 1.82) is 0 Å². The van der Waals surface area contributed by atoms with Crippen molar-refractivity contribution in [2.24, 2.45) is 5.41 Å². The third kappa shape index (κ3) is 2.37. The fraction of sp³-hybridized carbons (Fsp3) is 0.867. The van der Waals surface area contributed by atoms with Crippen molar-refractivity contribution in [3.8, 4) is 0 Å². The number of nitrogens with zero attached hydrogens (tertiary/aromatic N) is 2. The minimum Gasteiger partial charge on any atom is -0.331 e. The number of fused-ring (bicyclic) bond motifs is 1. The Hall–Kier alpha value is -1.06. The number of hydrogen-bond acceptors (Lipinski definition) is 2. The van der Waals surface area contributed by atoms with Crippen LogP contribution in [0.2, 0.25) is 0 Å². The van der Waals surface area contributed by atoms with E-state index in [0.29, 0.717) is 12.0 Å². The molecule has 0 N–H and O–H groups in total. The molecular formula is C15H24N2O2. The van der Waals surface area contributed by atoms with E-state index in [1.807, 2.05) is 9.80 Å². The molecule has 1 unspecified atom stereocenters. The monoisotopic (exact) mass is 264 g/mol. The summed E-state index contributed by atoms with van der Waals surface area (Å²) < 4.78 is 0. The van der Waals surface area contributed by atoms with Crippen molar-refractivity contribution in [3.63, 3.8) is 0 Å². The first-order chi connectivity index (χ1) is 9.15. The van der Waals surface area contributed by atoms with Gasteiger partial charge in [0.2, 0.25) is 11.8 Å². The van der Waals surface area contributed by atoms with Crippen molar-refractivity contribution < 1.29 is 9.59 Å². The molecule has 1 aliphatic carbocycles. The molecule has 4 nitrogen and oxygen atoms in total. The predicted octanol–water partition coefficient (Wildman–Crippen LogP) is 1.79. The van der Waals surface area contributed by atoms with Crippen LogP contribution in [0.1, 0.15) is 51.9 Å². The third-order valence-corrected chi connectivity index (χ3v) is 5.01. The number of rotatable bonds is 4. The molecule has 2 amide bonds. The summed E-state index contributed by atoms with van der Waals surface area (Å²) in [5.41, 5.74) is 0.349. The molecule has 0 spiro atoms. The highest BCUT2D eigenvalue weighted by Gasteiger charge is 2.47. The molecule has 2 aliphatic heterocycles. The van der Waals surface area contributed by atoms with Crippen molar-refractivity contribution in [2.75, 3.05) is 19.6 Å². The topological polar surface area (TPSA) is 40.6 Å². The first-order valence-corrected chi connectivity index (χ1v) is 7.73. The van der Waals surface area contributed by atoms with E-state index < -0.39 is 0 Å². The minimum absolute atomic E-state index is 0.146. The Bertz CT molecular complexity index is 390. The number of carbonyl (C=O) groups is 2. The summed E-state index contributed by atoms with van der Waals surface area (Å²) >= 11 is 0. The lowest BCUT2D eigenvalue weighted by Crippen LogP contribution is -2.61. The molecule has 19 heavy (non-hydrogen) atoms. The summed E-state index contributed by atoms with van der Waals surface area (Å²) in [6.45, 7) is 4.12. The average molecular weight is 264 g/mol. The molecular weight excluding hydrogens is 240 g/mol. The van der Waals surface area contributed by atoms with Gasteiger partial charge in [0.1, 0.15) is 6.04 Å². The first-order valence-electron chi connectivity index (χ1n) is 7.73. The Balaban J connectivity index is 1.69. The van der Waals surface area contributed by atoms with Crippen molar-refractivity contribution in [2.45, 2.75) is 57.9 Å². The lowest BCUT2D eigenvalue weighted by molar-refractivity contribution is -0.158. The second-order valence-corrected chi connectivity index (χ2v) is 6.54. The maximum atomic E-state index is 12.5. The van der Waals surface area contributed by atoms with E-state index in [9.17, 15) is 9.59 Å². The van der Waals surface area contributed by atoms with Crippen LogP contribution in [0, 0.1) is 5.41 Å². The van der Waals surface area contributed by atoms with Crippen LogP contribution in [0.4, 0.5) is 0 Å².